The third kappa shape index (κ3) is 3.44. The molecule has 0 aliphatic heterocycles. The molecule has 7 heteroatoms. The highest BCUT2D eigenvalue weighted by Crippen LogP contribution is 2.11. The Morgan fingerprint density at radius 1 is 1.30 bits per heavy atom. The number of nitrogens with zero attached hydrogens (tertiary/aromatic N) is 3. The average molecular weight is 290 g/mol. The van der Waals surface area contributed by atoms with Gasteiger partial charge < -0.3 is 0 Å². The minimum absolute atomic E-state index is 0.142. The third-order valence-electron chi connectivity index (χ3n) is 2.73. The molecule has 0 radical (unpaired) electrons. The van der Waals surface area contributed by atoms with Crippen LogP contribution in [0.25, 0.3) is 0 Å². The van der Waals surface area contributed by atoms with Crippen LogP contribution in [0.1, 0.15) is 11.3 Å². The maximum absolute atomic E-state index is 12.1. The van der Waals surface area contributed by atoms with Gasteiger partial charge in [-0.25, -0.2) is 13.1 Å². The number of nitriles is 1. The van der Waals surface area contributed by atoms with Crippen LogP contribution in [-0.2, 0) is 30.0 Å². The van der Waals surface area contributed by atoms with Crippen LogP contribution in [0.15, 0.2) is 41.4 Å². The summed E-state index contributed by atoms with van der Waals surface area (Å²) in [7, 11) is -1.79. The molecule has 104 valence electrons. The molecule has 0 bridgehead atoms. The van der Waals surface area contributed by atoms with Gasteiger partial charge in [0.2, 0.25) is 10.0 Å². The van der Waals surface area contributed by atoms with Crippen LogP contribution in [0.2, 0.25) is 0 Å². The number of nitrogens with one attached hydrogen (secondary N) is 1. The van der Waals surface area contributed by atoms with Crippen LogP contribution in [0.5, 0.6) is 0 Å². The molecule has 0 fully saturated rings. The van der Waals surface area contributed by atoms with E-state index in [1.54, 1.807) is 36.1 Å². The lowest BCUT2D eigenvalue weighted by atomic mass is 10.2. The maximum atomic E-state index is 12.1. The van der Waals surface area contributed by atoms with Gasteiger partial charge in [-0.1, -0.05) is 12.1 Å². The molecular weight excluding hydrogens is 276 g/mol. The van der Waals surface area contributed by atoms with Crippen molar-refractivity contribution >= 4 is 10.0 Å². The predicted octanol–water partition coefficient (Wildman–Crippen LogP) is 0.965. The zero-order valence-electron chi connectivity index (χ0n) is 10.9. The minimum atomic E-state index is -3.56. The summed E-state index contributed by atoms with van der Waals surface area (Å²) < 4.78 is 28.2. The Hall–Kier alpha value is -2.17. The Bertz CT molecular complexity index is 726. The van der Waals surface area contributed by atoms with Crippen molar-refractivity contribution in [3.05, 3.63) is 47.8 Å². The molecule has 1 aromatic heterocycles. The van der Waals surface area contributed by atoms with Crippen molar-refractivity contribution in [2.75, 3.05) is 0 Å². The van der Waals surface area contributed by atoms with E-state index in [-0.39, 0.29) is 17.9 Å². The molecule has 0 aliphatic rings. The second-order valence-electron chi connectivity index (χ2n) is 4.28. The van der Waals surface area contributed by atoms with Gasteiger partial charge >= 0.3 is 0 Å². The first-order valence-electron chi connectivity index (χ1n) is 5.95. The van der Waals surface area contributed by atoms with Gasteiger partial charge in [0.05, 0.1) is 29.6 Å². The maximum Gasteiger partial charge on any atom is 0.240 e. The van der Waals surface area contributed by atoms with Crippen molar-refractivity contribution in [1.29, 1.82) is 5.26 Å². The molecule has 0 aliphatic carbocycles. The Morgan fingerprint density at radius 3 is 2.55 bits per heavy atom. The number of benzene rings is 1. The number of hydrogen-bond acceptors (Lipinski definition) is 4. The number of rotatable bonds is 5. The number of aryl methyl sites for hydroxylation is 1. The molecule has 6 nitrogen and oxygen atoms in total. The van der Waals surface area contributed by atoms with Crippen LogP contribution < -0.4 is 4.72 Å². The first-order chi connectivity index (χ1) is 9.51. The molecule has 0 spiro atoms. The van der Waals surface area contributed by atoms with Crippen molar-refractivity contribution < 1.29 is 8.42 Å². The largest absolute Gasteiger partial charge is 0.276 e. The molecule has 20 heavy (non-hydrogen) atoms. The summed E-state index contributed by atoms with van der Waals surface area (Å²) in [5.41, 5.74) is 1.44. The van der Waals surface area contributed by atoms with Gasteiger partial charge in [0.25, 0.3) is 0 Å². The van der Waals surface area contributed by atoms with E-state index >= 15 is 0 Å². The van der Waals surface area contributed by atoms with Crippen molar-refractivity contribution in [3.63, 3.8) is 0 Å². The molecule has 0 atom stereocenters. The first-order valence-corrected chi connectivity index (χ1v) is 7.43. The van der Waals surface area contributed by atoms with Gasteiger partial charge in [0.1, 0.15) is 0 Å². The quantitative estimate of drug-likeness (QED) is 0.888. The molecule has 0 unspecified atom stereocenters. The summed E-state index contributed by atoms with van der Waals surface area (Å²) in [6.07, 6.45) is 2.02. The summed E-state index contributed by atoms with van der Waals surface area (Å²) in [6.45, 7) is 0.142. The summed E-state index contributed by atoms with van der Waals surface area (Å²) in [5.74, 6) is 0. The van der Waals surface area contributed by atoms with E-state index in [9.17, 15) is 8.42 Å². The van der Waals surface area contributed by atoms with Gasteiger partial charge in [0, 0.05) is 13.2 Å². The van der Waals surface area contributed by atoms with E-state index in [0.29, 0.717) is 5.69 Å². The van der Waals surface area contributed by atoms with Gasteiger partial charge in [-0.3, -0.25) is 4.68 Å². The Morgan fingerprint density at radius 2 is 2.00 bits per heavy atom. The van der Waals surface area contributed by atoms with Crippen molar-refractivity contribution in [2.24, 2.45) is 7.05 Å². The monoisotopic (exact) mass is 290 g/mol. The molecule has 0 saturated heterocycles. The highest BCUT2D eigenvalue weighted by molar-refractivity contribution is 7.89. The summed E-state index contributed by atoms with van der Waals surface area (Å²) in [6, 6.07) is 10.0. The lowest BCUT2D eigenvalue weighted by Crippen LogP contribution is -2.23. The zero-order chi connectivity index (χ0) is 14.6. The molecule has 1 heterocycles. The Labute approximate surface area is 117 Å². The van der Waals surface area contributed by atoms with Crippen LogP contribution in [0, 0.1) is 11.3 Å². The van der Waals surface area contributed by atoms with E-state index in [0.717, 1.165) is 5.56 Å². The third-order valence-corrected chi connectivity index (χ3v) is 4.15. The average Bonchev–Trinajstić information content (AvgIpc) is 2.84. The smallest absolute Gasteiger partial charge is 0.240 e. The van der Waals surface area contributed by atoms with Gasteiger partial charge in [0.15, 0.2) is 0 Å². The van der Waals surface area contributed by atoms with Gasteiger partial charge in [-0.2, -0.15) is 10.4 Å². The first kappa shape index (κ1) is 14.2. The molecule has 1 aromatic carbocycles. The van der Waals surface area contributed by atoms with E-state index in [1.165, 1.54) is 12.1 Å². The standard InChI is InChI=1S/C13H14N4O2S/c1-17-9-7-12(16-17)10-15-20(18,19)13-4-2-11(3-5-13)6-8-14/h2-5,7,9,15H,6,10H2,1H3. The summed E-state index contributed by atoms with van der Waals surface area (Å²) in [4.78, 5) is 0.176. The van der Waals surface area contributed by atoms with Crippen LogP contribution in [-0.4, -0.2) is 18.2 Å². The Balaban J connectivity index is 2.08. The van der Waals surface area contributed by atoms with Crippen LogP contribution in [0.3, 0.4) is 0 Å². The van der Waals surface area contributed by atoms with E-state index in [2.05, 4.69) is 9.82 Å². The van der Waals surface area contributed by atoms with E-state index < -0.39 is 10.0 Å². The predicted molar refractivity (Wildman–Crippen MR) is 73.0 cm³/mol. The number of sulfonamides is 1. The SMILES string of the molecule is Cn1ccc(CNS(=O)(=O)c2ccc(CC#N)cc2)n1. The van der Waals surface area contributed by atoms with E-state index in [4.69, 9.17) is 5.26 Å². The second kappa shape index (κ2) is 5.86. The van der Waals surface area contributed by atoms with E-state index in [1.807, 2.05) is 6.07 Å². The van der Waals surface area contributed by atoms with Crippen LogP contribution in [0.4, 0.5) is 0 Å². The minimum Gasteiger partial charge on any atom is -0.276 e. The van der Waals surface area contributed by atoms with Gasteiger partial charge in [-0.05, 0) is 23.8 Å². The summed E-state index contributed by atoms with van der Waals surface area (Å²) >= 11 is 0. The topological polar surface area (TPSA) is 87.8 Å². The fourth-order valence-corrected chi connectivity index (χ4v) is 2.69. The van der Waals surface area contributed by atoms with Crippen molar-refractivity contribution in [2.45, 2.75) is 17.9 Å². The molecule has 0 saturated carbocycles. The van der Waals surface area contributed by atoms with Crippen molar-refractivity contribution in [3.8, 4) is 6.07 Å². The molecule has 2 aromatic rings. The van der Waals surface area contributed by atoms with Crippen molar-refractivity contribution in [1.82, 2.24) is 14.5 Å². The second-order valence-corrected chi connectivity index (χ2v) is 6.05. The number of aromatic nitrogens is 2. The molecule has 0 amide bonds. The molecule has 2 rings (SSSR count). The molecular formula is C13H14N4O2S. The highest BCUT2D eigenvalue weighted by Gasteiger charge is 2.14. The summed E-state index contributed by atoms with van der Waals surface area (Å²) in [5, 5.41) is 12.7. The highest BCUT2D eigenvalue weighted by atomic mass is 32.2. The number of hydrogen-bond donors (Lipinski definition) is 1. The fraction of sp³-hybridized carbons (Fsp3) is 0.231. The normalized spacial score (nSPS) is 11.2. The lowest BCUT2D eigenvalue weighted by Gasteiger charge is -2.05. The lowest BCUT2D eigenvalue weighted by molar-refractivity contribution is 0.579. The molecule has 1 N–H and O–H groups in total. The van der Waals surface area contributed by atoms with Crippen LogP contribution >= 0.6 is 0 Å². The Kier molecular flexibility index (Phi) is 4.17. The van der Waals surface area contributed by atoms with Gasteiger partial charge in [-0.15, -0.1) is 0 Å². The zero-order valence-corrected chi connectivity index (χ0v) is 11.8. The fourth-order valence-electron chi connectivity index (χ4n) is 1.69.